The Morgan fingerprint density at radius 1 is 1.13 bits per heavy atom. The molecule has 0 aliphatic carbocycles. The van der Waals surface area contributed by atoms with Crippen LogP contribution in [0.15, 0.2) is 47.6 Å². The quantitative estimate of drug-likeness (QED) is 0.704. The molecule has 0 N–H and O–H groups in total. The zero-order valence-electron chi connectivity index (χ0n) is 19.1. The molecule has 2 heterocycles. The predicted octanol–water partition coefficient (Wildman–Crippen LogP) is 4.72. The Labute approximate surface area is 185 Å². The normalized spacial score (nSPS) is 20.1. The van der Waals surface area contributed by atoms with Crippen molar-refractivity contribution in [2.75, 3.05) is 26.7 Å². The van der Waals surface area contributed by atoms with Gasteiger partial charge in [0, 0.05) is 12.0 Å². The fourth-order valence-corrected chi connectivity index (χ4v) is 4.63. The van der Waals surface area contributed by atoms with E-state index in [1.54, 1.807) is 12.1 Å². The van der Waals surface area contributed by atoms with E-state index in [2.05, 4.69) is 49.9 Å². The molecule has 164 valence electrons. The van der Waals surface area contributed by atoms with Crippen molar-refractivity contribution in [1.29, 1.82) is 0 Å². The smallest absolute Gasteiger partial charge is 0.257 e. The molecule has 0 spiro atoms. The second kappa shape index (κ2) is 9.23. The van der Waals surface area contributed by atoms with Gasteiger partial charge in [0.1, 0.15) is 5.75 Å². The van der Waals surface area contributed by atoms with Crippen LogP contribution in [-0.4, -0.2) is 48.3 Å². The van der Waals surface area contributed by atoms with Crippen molar-refractivity contribution in [2.45, 2.75) is 46.1 Å². The van der Waals surface area contributed by atoms with E-state index < -0.39 is 0 Å². The summed E-state index contributed by atoms with van der Waals surface area (Å²) in [6, 6.07) is 14.3. The average molecular weight is 420 g/mol. The molecule has 1 atom stereocenters. The molecule has 0 saturated carbocycles. The van der Waals surface area contributed by atoms with E-state index in [1.807, 2.05) is 18.2 Å². The van der Waals surface area contributed by atoms with E-state index in [0.29, 0.717) is 13.0 Å². The third-order valence-electron chi connectivity index (χ3n) is 6.57. The summed E-state index contributed by atoms with van der Waals surface area (Å²) in [6.45, 7) is 8.90. The molecule has 0 radical (unpaired) electrons. The second-order valence-corrected chi connectivity index (χ2v) is 9.06. The molecule has 2 aliphatic rings. The molecule has 1 fully saturated rings. The van der Waals surface area contributed by atoms with Gasteiger partial charge in [-0.2, -0.15) is 5.10 Å². The van der Waals surface area contributed by atoms with Crippen molar-refractivity contribution in [2.24, 2.45) is 11.0 Å². The molecule has 31 heavy (non-hydrogen) atoms. The number of amides is 1. The second-order valence-electron chi connectivity index (χ2n) is 9.06. The van der Waals surface area contributed by atoms with Gasteiger partial charge in [-0.1, -0.05) is 42.8 Å². The van der Waals surface area contributed by atoms with Crippen LogP contribution < -0.4 is 4.74 Å². The summed E-state index contributed by atoms with van der Waals surface area (Å²) in [6.07, 6.45) is 3.02. The van der Waals surface area contributed by atoms with Crippen LogP contribution in [-0.2, 0) is 4.79 Å². The summed E-state index contributed by atoms with van der Waals surface area (Å²) in [5, 5.41) is 6.60. The number of aryl methyl sites for hydroxylation is 2. The van der Waals surface area contributed by atoms with Crippen LogP contribution in [0.4, 0.5) is 0 Å². The van der Waals surface area contributed by atoms with Gasteiger partial charge in [0.05, 0.1) is 25.4 Å². The fourth-order valence-electron chi connectivity index (χ4n) is 4.63. The molecule has 0 aromatic heterocycles. The SMILES string of the molecule is COc1cccc(C2CC(c3ccc(C)cc3C)=NN2C(=O)CN2CCC(C)CC2)c1. The number of hydrogen-bond donors (Lipinski definition) is 0. The van der Waals surface area contributed by atoms with Crippen molar-refractivity contribution in [3.63, 3.8) is 0 Å². The van der Waals surface area contributed by atoms with E-state index in [1.165, 1.54) is 11.1 Å². The van der Waals surface area contributed by atoms with E-state index in [-0.39, 0.29) is 11.9 Å². The molecular formula is C26H33N3O2. The lowest BCUT2D eigenvalue weighted by Gasteiger charge is -2.31. The summed E-state index contributed by atoms with van der Waals surface area (Å²) in [7, 11) is 1.67. The predicted molar refractivity (Wildman–Crippen MR) is 124 cm³/mol. The summed E-state index contributed by atoms with van der Waals surface area (Å²) in [4.78, 5) is 15.7. The van der Waals surface area contributed by atoms with Crippen LogP contribution >= 0.6 is 0 Å². The number of ether oxygens (including phenoxy) is 1. The van der Waals surface area contributed by atoms with E-state index in [4.69, 9.17) is 9.84 Å². The zero-order valence-corrected chi connectivity index (χ0v) is 19.1. The highest BCUT2D eigenvalue weighted by Gasteiger charge is 2.34. The number of methoxy groups -OCH3 is 1. The molecule has 5 nitrogen and oxygen atoms in total. The molecule has 5 heteroatoms. The molecule has 2 aliphatic heterocycles. The Morgan fingerprint density at radius 3 is 2.61 bits per heavy atom. The molecule has 1 saturated heterocycles. The number of rotatable bonds is 5. The molecular weight excluding hydrogens is 386 g/mol. The first-order valence-electron chi connectivity index (χ1n) is 11.3. The Bertz CT molecular complexity index is 976. The number of benzene rings is 2. The Morgan fingerprint density at radius 2 is 1.90 bits per heavy atom. The highest BCUT2D eigenvalue weighted by atomic mass is 16.5. The van der Waals surface area contributed by atoms with Crippen molar-refractivity contribution >= 4 is 11.6 Å². The molecule has 4 rings (SSSR count). The Kier molecular flexibility index (Phi) is 6.42. The summed E-state index contributed by atoms with van der Waals surface area (Å²) < 4.78 is 5.44. The fraction of sp³-hybridized carbons (Fsp3) is 0.462. The number of carbonyl (C=O) groups excluding carboxylic acids is 1. The first kappa shape index (κ1) is 21.6. The summed E-state index contributed by atoms with van der Waals surface area (Å²) in [5.74, 6) is 1.62. The van der Waals surface area contributed by atoms with Crippen LogP contribution in [0.3, 0.4) is 0 Å². The lowest BCUT2D eigenvalue weighted by molar-refractivity contribution is -0.134. The molecule has 1 amide bonds. The zero-order chi connectivity index (χ0) is 22.0. The van der Waals surface area contributed by atoms with Gasteiger partial charge in [-0.25, -0.2) is 5.01 Å². The monoisotopic (exact) mass is 419 g/mol. The average Bonchev–Trinajstić information content (AvgIpc) is 3.21. The largest absolute Gasteiger partial charge is 0.497 e. The standard InChI is InChI=1S/C26H33N3O2/c1-18-10-12-28(13-11-18)17-26(30)29-25(21-6-5-7-22(15-21)31-4)16-24(27-29)23-9-8-19(2)14-20(23)3/h5-9,14-15,18,25H,10-13,16-17H2,1-4H3. The minimum absolute atomic E-state index is 0.0714. The van der Waals surface area contributed by atoms with Crippen molar-refractivity contribution in [3.05, 3.63) is 64.7 Å². The van der Waals surface area contributed by atoms with Crippen LogP contribution in [0, 0.1) is 19.8 Å². The van der Waals surface area contributed by atoms with Crippen molar-refractivity contribution in [3.8, 4) is 5.75 Å². The van der Waals surface area contributed by atoms with Gasteiger partial charge in [-0.3, -0.25) is 9.69 Å². The van der Waals surface area contributed by atoms with Gasteiger partial charge in [-0.15, -0.1) is 0 Å². The topological polar surface area (TPSA) is 45.1 Å². The minimum Gasteiger partial charge on any atom is -0.497 e. The number of piperidine rings is 1. The van der Waals surface area contributed by atoms with Gasteiger partial charge >= 0.3 is 0 Å². The maximum absolute atomic E-state index is 13.4. The molecule has 0 bridgehead atoms. The Hall–Kier alpha value is -2.66. The molecule has 2 aromatic carbocycles. The number of carbonyl (C=O) groups is 1. The van der Waals surface area contributed by atoms with E-state index in [9.17, 15) is 4.79 Å². The van der Waals surface area contributed by atoms with E-state index >= 15 is 0 Å². The van der Waals surface area contributed by atoms with Gasteiger partial charge in [-0.05, 0) is 69.0 Å². The first-order valence-corrected chi connectivity index (χ1v) is 11.3. The maximum Gasteiger partial charge on any atom is 0.257 e. The number of likely N-dealkylation sites (tertiary alicyclic amines) is 1. The number of nitrogens with zero attached hydrogens (tertiary/aromatic N) is 3. The molecule has 1 unspecified atom stereocenters. The lowest BCUT2D eigenvalue weighted by atomic mass is 9.95. The third kappa shape index (κ3) is 4.82. The Balaban J connectivity index is 1.62. The van der Waals surface area contributed by atoms with Crippen LogP contribution in [0.5, 0.6) is 5.75 Å². The highest BCUT2D eigenvalue weighted by Crippen LogP contribution is 2.35. The number of hydrazone groups is 1. The summed E-state index contributed by atoms with van der Waals surface area (Å²) in [5.41, 5.74) is 5.59. The lowest BCUT2D eigenvalue weighted by Crippen LogP contribution is -2.41. The van der Waals surface area contributed by atoms with Crippen molar-refractivity contribution in [1.82, 2.24) is 9.91 Å². The van der Waals surface area contributed by atoms with Crippen molar-refractivity contribution < 1.29 is 9.53 Å². The van der Waals surface area contributed by atoms with Crippen LogP contribution in [0.25, 0.3) is 0 Å². The van der Waals surface area contributed by atoms with Gasteiger partial charge in [0.2, 0.25) is 0 Å². The van der Waals surface area contributed by atoms with Gasteiger partial charge < -0.3 is 4.74 Å². The van der Waals surface area contributed by atoms with Gasteiger partial charge in [0.25, 0.3) is 5.91 Å². The number of hydrogen-bond acceptors (Lipinski definition) is 4. The maximum atomic E-state index is 13.4. The molecule has 2 aromatic rings. The summed E-state index contributed by atoms with van der Waals surface area (Å²) >= 11 is 0. The third-order valence-corrected chi connectivity index (χ3v) is 6.57. The first-order chi connectivity index (χ1) is 14.9. The highest BCUT2D eigenvalue weighted by molar-refractivity contribution is 6.04. The van der Waals surface area contributed by atoms with Crippen LogP contribution in [0.1, 0.15) is 54.5 Å². The van der Waals surface area contributed by atoms with Crippen LogP contribution in [0.2, 0.25) is 0 Å². The van der Waals surface area contributed by atoms with E-state index in [0.717, 1.165) is 54.4 Å². The van der Waals surface area contributed by atoms with Gasteiger partial charge in [0.15, 0.2) is 0 Å². The minimum atomic E-state index is -0.109.